The highest BCUT2D eigenvalue weighted by Crippen LogP contribution is 2.20. The average molecular weight is 301 g/mol. The lowest BCUT2D eigenvalue weighted by Crippen LogP contribution is -2.04. The first-order valence-corrected chi connectivity index (χ1v) is 6.91. The van der Waals surface area contributed by atoms with E-state index in [1.807, 2.05) is 13.8 Å². The number of hydrogen-bond acceptors (Lipinski definition) is 4. The van der Waals surface area contributed by atoms with E-state index in [1.165, 1.54) is 12.1 Å². The molecule has 5 nitrogen and oxygen atoms in total. The topological polar surface area (TPSA) is 80.4 Å². The molecule has 0 fully saturated rings. The molecule has 2 aromatic rings. The lowest BCUT2D eigenvalue weighted by Gasteiger charge is -2.01. The van der Waals surface area contributed by atoms with Crippen LogP contribution >= 0.6 is 0 Å². The summed E-state index contributed by atoms with van der Waals surface area (Å²) in [6, 6.07) is 14.5. The van der Waals surface area contributed by atoms with E-state index < -0.39 is 4.92 Å². The summed E-state index contributed by atoms with van der Waals surface area (Å²) in [4.78, 5) is 22.3. The molecular weight excluding hydrogens is 282 g/mol. The zero-order valence-corrected chi connectivity index (χ0v) is 12.6. The predicted molar refractivity (Wildman–Crippen MR) is 84.9 cm³/mol. The van der Waals surface area contributed by atoms with E-state index >= 15 is 0 Å². The van der Waals surface area contributed by atoms with Crippen molar-refractivity contribution >= 4 is 11.5 Å². The van der Waals surface area contributed by atoms with Crippen LogP contribution in [0.25, 0.3) is 0 Å². The highest BCUT2D eigenvalue weighted by molar-refractivity contribution is 6.11. The molecule has 0 aliphatic rings. The van der Waals surface area contributed by atoms with E-state index in [1.54, 1.807) is 42.5 Å². The first kappa shape index (κ1) is 17.5. The summed E-state index contributed by atoms with van der Waals surface area (Å²) in [6.07, 6.45) is 0. The second kappa shape index (κ2) is 8.69. The smallest absolute Gasteiger partial charge is 0.280 e. The molecule has 0 aliphatic carbocycles. The van der Waals surface area contributed by atoms with Gasteiger partial charge in [0, 0.05) is 18.2 Å². The van der Waals surface area contributed by atoms with Gasteiger partial charge < -0.3 is 5.11 Å². The summed E-state index contributed by atoms with van der Waals surface area (Å²) in [7, 11) is 0. The van der Waals surface area contributed by atoms with Gasteiger partial charge in [-0.25, -0.2) is 0 Å². The third-order valence-electron chi connectivity index (χ3n) is 2.75. The fourth-order valence-corrected chi connectivity index (χ4v) is 1.57. The van der Waals surface area contributed by atoms with Crippen molar-refractivity contribution in [3.8, 4) is 0 Å². The largest absolute Gasteiger partial charge is 0.396 e. The number of nitro groups is 1. The molecule has 116 valence electrons. The van der Waals surface area contributed by atoms with Gasteiger partial charge in [0.05, 0.1) is 4.92 Å². The molecule has 0 spiro atoms. The zero-order valence-electron chi connectivity index (χ0n) is 12.6. The van der Waals surface area contributed by atoms with Crippen LogP contribution in [0.15, 0.2) is 54.6 Å². The minimum atomic E-state index is -0.545. The lowest BCUT2D eigenvalue weighted by molar-refractivity contribution is -0.385. The Kier molecular flexibility index (Phi) is 6.92. The Morgan fingerprint density at radius 2 is 1.59 bits per heavy atom. The van der Waals surface area contributed by atoms with Gasteiger partial charge in [-0.1, -0.05) is 56.3 Å². The Hall–Kier alpha value is -2.53. The molecular formula is C17H19NO4. The number of carbonyl (C=O) groups is 1. The van der Waals surface area contributed by atoms with Crippen molar-refractivity contribution in [2.45, 2.75) is 13.8 Å². The van der Waals surface area contributed by atoms with Crippen LogP contribution in [0, 0.1) is 16.0 Å². The van der Waals surface area contributed by atoms with E-state index in [9.17, 15) is 14.9 Å². The molecule has 0 bridgehead atoms. The van der Waals surface area contributed by atoms with Crippen LogP contribution in [-0.4, -0.2) is 22.4 Å². The van der Waals surface area contributed by atoms with Crippen molar-refractivity contribution in [3.63, 3.8) is 0 Å². The molecule has 2 rings (SSSR count). The summed E-state index contributed by atoms with van der Waals surface area (Å²) in [6.45, 7) is 4.25. The Morgan fingerprint density at radius 3 is 2.09 bits per heavy atom. The highest BCUT2D eigenvalue weighted by atomic mass is 16.6. The van der Waals surface area contributed by atoms with Crippen LogP contribution in [0.4, 0.5) is 5.69 Å². The van der Waals surface area contributed by atoms with Crippen LogP contribution in [0.5, 0.6) is 0 Å². The summed E-state index contributed by atoms with van der Waals surface area (Å²) >= 11 is 0. The van der Waals surface area contributed by atoms with Crippen molar-refractivity contribution in [1.29, 1.82) is 0 Å². The van der Waals surface area contributed by atoms with Crippen LogP contribution in [-0.2, 0) is 0 Å². The molecule has 0 unspecified atom stereocenters. The normalized spacial score (nSPS) is 9.82. The number of ketones is 1. The van der Waals surface area contributed by atoms with Gasteiger partial charge in [-0.2, -0.15) is 0 Å². The minimum Gasteiger partial charge on any atom is -0.396 e. The van der Waals surface area contributed by atoms with Crippen LogP contribution in [0.3, 0.4) is 0 Å². The number of nitrogens with zero attached hydrogens (tertiary/aromatic N) is 1. The Labute approximate surface area is 129 Å². The first-order chi connectivity index (χ1) is 10.5. The molecule has 0 saturated carbocycles. The van der Waals surface area contributed by atoms with E-state index in [-0.39, 0.29) is 17.0 Å². The third-order valence-corrected chi connectivity index (χ3v) is 2.75. The second-order valence-electron chi connectivity index (χ2n) is 5.05. The molecule has 0 atom stereocenters. The maximum atomic E-state index is 12.1. The van der Waals surface area contributed by atoms with Crippen molar-refractivity contribution in [1.82, 2.24) is 0 Å². The van der Waals surface area contributed by atoms with Gasteiger partial charge in [0.2, 0.25) is 0 Å². The van der Waals surface area contributed by atoms with Crippen molar-refractivity contribution in [2.75, 3.05) is 6.61 Å². The van der Waals surface area contributed by atoms with Gasteiger partial charge in [-0.05, 0) is 12.0 Å². The van der Waals surface area contributed by atoms with Crippen LogP contribution < -0.4 is 0 Å². The summed E-state index contributed by atoms with van der Waals surface area (Å²) < 4.78 is 0. The molecule has 5 heteroatoms. The Bertz CT molecular complexity index is 624. The molecule has 22 heavy (non-hydrogen) atoms. The molecule has 0 aromatic heterocycles. The molecule has 0 radical (unpaired) electrons. The SMILES string of the molecule is CC(C)CO.O=C(c1ccccc1)c1ccccc1[N+](=O)[O-]. The monoisotopic (exact) mass is 301 g/mol. The van der Waals surface area contributed by atoms with E-state index in [4.69, 9.17) is 5.11 Å². The van der Waals surface area contributed by atoms with Gasteiger partial charge >= 0.3 is 0 Å². The second-order valence-corrected chi connectivity index (χ2v) is 5.05. The Balaban J connectivity index is 0.000000422. The maximum absolute atomic E-state index is 12.1. The number of benzene rings is 2. The summed E-state index contributed by atoms with van der Waals surface area (Å²) in [5.74, 6) is 0.105. The molecule has 0 heterocycles. The fraction of sp³-hybridized carbons (Fsp3) is 0.235. The zero-order chi connectivity index (χ0) is 16.5. The van der Waals surface area contributed by atoms with Gasteiger partial charge in [0.15, 0.2) is 5.78 Å². The van der Waals surface area contributed by atoms with E-state index in [0.29, 0.717) is 18.1 Å². The summed E-state index contributed by atoms with van der Waals surface area (Å²) in [5, 5.41) is 19.0. The van der Waals surface area contributed by atoms with Crippen molar-refractivity contribution in [2.24, 2.45) is 5.92 Å². The van der Waals surface area contributed by atoms with E-state index in [2.05, 4.69) is 0 Å². The predicted octanol–water partition coefficient (Wildman–Crippen LogP) is 3.46. The lowest BCUT2D eigenvalue weighted by atomic mass is 10.0. The fourth-order valence-electron chi connectivity index (χ4n) is 1.57. The molecule has 1 N–H and O–H groups in total. The highest BCUT2D eigenvalue weighted by Gasteiger charge is 2.19. The van der Waals surface area contributed by atoms with Gasteiger partial charge in [-0.3, -0.25) is 14.9 Å². The maximum Gasteiger partial charge on any atom is 0.280 e. The molecule has 0 saturated heterocycles. The van der Waals surface area contributed by atoms with Gasteiger partial charge in [-0.15, -0.1) is 0 Å². The van der Waals surface area contributed by atoms with Gasteiger partial charge in [0.25, 0.3) is 5.69 Å². The number of carbonyl (C=O) groups excluding carboxylic acids is 1. The quantitative estimate of drug-likeness (QED) is 0.532. The third kappa shape index (κ3) is 5.10. The minimum absolute atomic E-state index is 0.115. The van der Waals surface area contributed by atoms with Crippen LogP contribution in [0.1, 0.15) is 29.8 Å². The number of rotatable bonds is 4. The van der Waals surface area contributed by atoms with Crippen molar-refractivity contribution < 1.29 is 14.8 Å². The van der Waals surface area contributed by atoms with Gasteiger partial charge in [0.1, 0.15) is 5.56 Å². The summed E-state index contributed by atoms with van der Waals surface area (Å²) in [5.41, 5.74) is 0.395. The van der Waals surface area contributed by atoms with E-state index in [0.717, 1.165) is 0 Å². The number of aliphatic hydroxyl groups is 1. The first-order valence-electron chi connectivity index (χ1n) is 6.91. The standard InChI is InChI=1S/C13H9NO3.C4H10O/c15-13(10-6-2-1-3-7-10)11-8-4-5-9-12(11)14(16)17;1-4(2)3-5/h1-9H;4-5H,3H2,1-2H3. The number of nitro benzene ring substituents is 1. The molecule has 2 aromatic carbocycles. The number of aliphatic hydroxyl groups excluding tert-OH is 1. The Morgan fingerprint density at radius 1 is 1.09 bits per heavy atom. The number of hydrogen-bond donors (Lipinski definition) is 1. The molecule has 0 amide bonds. The number of para-hydroxylation sites is 1. The molecule has 0 aliphatic heterocycles. The van der Waals surface area contributed by atoms with Crippen LogP contribution in [0.2, 0.25) is 0 Å². The van der Waals surface area contributed by atoms with Crippen molar-refractivity contribution in [3.05, 3.63) is 75.8 Å². The average Bonchev–Trinajstić information content (AvgIpc) is 2.55.